The maximum absolute atomic E-state index is 12.4. The minimum Gasteiger partial charge on any atom is -0.465 e. The maximum Gasteiger partial charge on any atom is 0.329 e. The van der Waals surface area contributed by atoms with Crippen molar-refractivity contribution in [2.75, 3.05) is 18.1 Å². The van der Waals surface area contributed by atoms with Gasteiger partial charge in [0.05, 0.1) is 17.7 Å². The summed E-state index contributed by atoms with van der Waals surface area (Å²) in [5.41, 5.74) is -0.686. The van der Waals surface area contributed by atoms with Crippen LogP contribution in [-0.4, -0.2) is 45.8 Å². The van der Waals surface area contributed by atoms with Crippen LogP contribution in [0.2, 0.25) is 0 Å². The van der Waals surface area contributed by atoms with Gasteiger partial charge in [0.1, 0.15) is 5.54 Å². The highest BCUT2D eigenvalue weighted by Crippen LogP contribution is 2.60. The topological polar surface area (TPSA) is 38.8 Å². The monoisotopic (exact) mass is 285 g/mol. The van der Waals surface area contributed by atoms with Gasteiger partial charge >= 0.3 is 5.97 Å². The molecule has 1 spiro atoms. The second-order valence-electron chi connectivity index (χ2n) is 6.59. The number of esters is 1. The van der Waals surface area contributed by atoms with Crippen molar-refractivity contribution in [3.8, 4) is 0 Å². The zero-order valence-corrected chi connectivity index (χ0v) is 12.8. The summed E-state index contributed by atoms with van der Waals surface area (Å²) in [6.07, 6.45) is 3.89. The number of hydroxylamine groups is 2. The second kappa shape index (κ2) is 4.37. The molecule has 3 rings (SSSR count). The first-order chi connectivity index (χ1) is 8.94. The van der Waals surface area contributed by atoms with Crippen molar-refractivity contribution in [1.82, 2.24) is 5.06 Å². The van der Waals surface area contributed by atoms with Crippen LogP contribution in [0.3, 0.4) is 0 Å². The Bertz CT molecular complexity index is 392. The zero-order valence-electron chi connectivity index (χ0n) is 12.0. The molecule has 0 aliphatic carbocycles. The van der Waals surface area contributed by atoms with Crippen molar-refractivity contribution >= 4 is 17.7 Å². The molecular formula is C14H23NO3S. The van der Waals surface area contributed by atoms with Crippen LogP contribution >= 0.6 is 11.8 Å². The van der Waals surface area contributed by atoms with E-state index < -0.39 is 5.54 Å². The second-order valence-corrected chi connectivity index (χ2v) is 7.81. The SMILES string of the molecule is CCOC(=O)C12CC(C)(C)ON1C1(CCSCC1)C2. The lowest BCUT2D eigenvalue weighted by atomic mass is 9.65. The third-order valence-corrected chi connectivity index (χ3v) is 5.56. The lowest BCUT2D eigenvalue weighted by molar-refractivity contribution is -0.324. The molecule has 1 atom stereocenters. The molecule has 0 aromatic rings. The van der Waals surface area contributed by atoms with Gasteiger partial charge in [-0.1, -0.05) is 0 Å². The van der Waals surface area contributed by atoms with Gasteiger partial charge in [-0.15, -0.1) is 0 Å². The van der Waals surface area contributed by atoms with Gasteiger partial charge in [0.2, 0.25) is 0 Å². The van der Waals surface area contributed by atoms with Crippen LogP contribution < -0.4 is 0 Å². The molecule has 0 N–H and O–H groups in total. The highest BCUT2D eigenvalue weighted by molar-refractivity contribution is 7.99. The van der Waals surface area contributed by atoms with Crippen LogP contribution in [-0.2, 0) is 14.4 Å². The van der Waals surface area contributed by atoms with E-state index >= 15 is 0 Å². The average Bonchev–Trinajstić information content (AvgIpc) is 2.60. The summed E-state index contributed by atoms with van der Waals surface area (Å²) in [6.45, 7) is 6.44. The summed E-state index contributed by atoms with van der Waals surface area (Å²) in [5, 5.41) is 2.03. The number of ether oxygens (including phenoxy) is 1. The van der Waals surface area contributed by atoms with E-state index in [4.69, 9.17) is 9.57 Å². The van der Waals surface area contributed by atoms with E-state index in [2.05, 4.69) is 13.8 Å². The van der Waals surface area contributed by atoms with Gasteiger partial charge in [-0.05, 0) is 51.5 Å². The fraction of sp³-hybridized carbons (Fsp3) is 0.929. The lowest BCUT2D eigenvalue weighted by Crippen LogP contribution is -2.74. The molecule has 0 aromatic carbocycles. The van der Waals surface area contributed by atoms with Gasteiger partial charge in [0.25, 0.3) is 0 Å². The zero-order chi connectivity index (χ0) is 13.7. The Morgan fingerprint density at radius 3 is 2.63 bits per heavy atom. The summed E-state index contributed by atoms with van der Waals surface area (Å²) < 4.78 is 5.31. The molecule has 5 heteroatoms. The number of hydrogen-bond acceptors (Lipinski definition) is 5. The molecule has 4 nitrogen and oxygen atoms in total. The summed E-state index contributed by atoms with van der Waals surface area (Å²) in [5.74, 6) is 2.24. The fourth-order valence-electron chi connectivity index (χ4n) is 3.98. The first-order valence-corrected chi connectivity index (χ1v) is 8.34. The third kappa shape index (κ3) is 1.93. The number of nitrogens with zero attached hydrogens (tertiary/aromatic N) is 1. The van der Waals surface area contributed by atoms with Crippen molar-refractivity contribution in [2.45, 2.75) is 63.1 Å². The van der Waals surface area contributed by atoms with Gasteiger partial charge in [0, 0.05) is 6.42 Å². The fourth-order valence-corrected chi connectivity index (χ4v) is 5.23. The molecule has 3 saturated heterocycles. The Hall–Kier alpha value is -0.260. The molecule has 3 fully saturated rings. The average molecular weight is 285 g/mol. The summed E-state index contributed by atoms with van der Waals surface area (Å²) in [7, 11) is 0. The Balaban J connectivity index is 1.86. The number of fused-ring (bicyclic) bond motifs is 2. The number of carbonyl (C=O) groups is 1. The Morgan fingerprint density at radius 1 is 1.32 bits per heavy atom. The first kappa shape index (κ1) is 13.7. The molecule has 3 heterocycles. The molecule has 0 saturated carbocycles. The number of hydrogen-bond donors (Lipinski definition) is 0. The van der Waals surface area contributed by atoms with Gasteiger partial charge in [-0.2, -0.15) is 16.8 Å². The summed E-state index contributed by atoms with van der Waals surface area (Å²) in [4.78, 5) is 18.5. The Kier molecular flexibility index (Phi) is 3.15. The van der Waals surface area contributed by atoms with Crippen LogP contribution in [0.1, 0.15) is 46.5 Å². The predicted molar refractivity (Wildman–Crippen MR) is 74.9 cm³/mol. The van der Waals surface area contributed by atoms with E-state index in [1.54, 1.807) is 0 Å². The van der Waals surface area contributed by atoms with Crippen LogP contribution in [0.15, 0.2) is 0 Å². The summed E-state index contributed by atoms with van der Waals surface area (Å²) >= 11 is 2.00. The molecule has 0 aromatic heterocycles. The molecule has 1 unspecified atom stereocenters. The van der Waals surface area contributed by atoms with Gasteiger partial charge in [-0.25, -0.2) is 4.79 Å². The van der Waals surface area contributed by atoms with Gasteiger partial charge in [-0.3, -0.25) is 4.84 Å². The standard InChI is InChI=1S/C14H23NO3S/c1-4-17-11(16)14-9-12(2,3)18-15(14)13(10-14)5-7-19-8-6-13/h4-10H2,1-3H3. The van der Waals surface area contributed by atoms with Crippen LogP contribution in [0.5, 0.6) is 0 Å². The Labute approximate surface area is 119 Å². The molecule has 19 heavy (non-hydrogen) atoms. The molecule has 3 aliphatic rings. The molecule has 0 bridgehead atoms. The van der Waals surface area contributed by atoms with Crippen LogP contribution in [0, 0.1) is 0 Å². The number of rotatable bonds is 2. The maximum atomic E-state index is 12.4. The highest BCUT2D eigenvalue weighted by Gasteiger charge is 2.72. The lowest BCUT2D eigenvalue weighted by Gasteiger charge is -2.60. The normalized spacial score (nSPS) is 35.7. The van der Waals surface area contributed by atoms with Gasteiger partial charge < -0.3 is 4.74 Å². The number of thioether (sulfide) groups is 1. The first-order valence-electron chi connectivity index (χ1n) is 7.19. The number of carbonyl (C=O) groups excluding carboxylic acids is 1. The van der Waals surface area contributed by atoms with Crippen LogP contribution in [0.4, 0.5) is 0 Å². The minimum atomic E-state index is -0.512. The molecule has 108 valence electrons. The largest absolute Gasteiger partial charge is 0.465 e. The van der Waals surface area contributed by atoms with E-state index in [1.165, 1.54) is 11.5 Å². The molecule has 0 amide bonds. The van der Waals surface area contributed by atoms with E-state index in [9.17, 15) is 4.79 Å². The van der Waals surface area contributed by atoms with Crippen LogP contribution in [0.25, 0.3) is 0 Å². The van der Waals surface area contributed by atoms with Gasteiger partial charge in [0.15, 0.2) is 0 Å². The molecule has 0 radical (unpaired) electrons. The quantitative estimate of drug-likeness (QED) is 0.728. The van der Waals surface area contributed by atoms with E-state index in [-0.39, 0.29) is 17.1 Å². The minimum absolute atomic E-state index is 0.0891. The molecule has 3 aliphatic heterocycles. The Morgan fingerprint density at radius 2 is 2.00 bits per heavy atom. The smallest absolute Gasteiger partial charge is 0.329 e. The van der Waals surface area contributed by atoms with Crippen molar-refractivity contribution in [1.29, 1.82) is 0 Å². The molecular weight excluding hydrogens is 262 g/mol. The van der Waals surface area contributed by atoms with Crippen molar-refractivity contribution < 1.29 is 14.4 Å². The van der Waals surface area contributed by atoms with E-state index in [1.807, 2.05) is 23.7 Å². The summed E-state index contributed by atoms with van der Waals surface area (Å²) in [6, 6.07) is 0. The van der Waals surface area contributed by atoms with Crippen molar-refractivity contribution in [2.24, 2.45) is 0 Å². The van der Waals surface area contributed by atoms with E-state index in [0.29, 0.717) is 6.61 Å². The van der Waals surface area contributed by atoms with E-state index in [0.717, 1.165) is 25.7 Å². The van der Waals surface area contributed by atoms with Crippen molar-refractivity contribution in [3.63, 3.8) is 0 Å². The third-order valence-electron chi connectivity index (χ3n) is 4.58. The predicted octanol–water partition coefficient (Wildman–Crippen LogP) is 2.37. The highest BCUT2D eigenvalue weighted by atomic mass is 32.2. The van der Waals surface area contributed by atoms with Crippen molar-refractivity contribution in [3.05, 3.63) is 0 Å².